The van der Waals surface area contributed by atoms with Crippen molar-refractivity contribution in [3.63, 3.8) is 0 Å². The lowest BCUT2D eigenvalue weighted by molar-refractivity contribution is 0.458. The number of hydrogen-bond acceptors (Lipinski definition) is 3. The van der Waals surface area contributed by atoms with E-state index in [9.17, 15) is 0 Å². The smallest absolute Gasteiger partial charge is 0.0320 e. The lowest BCUT2D eigenvalue weighted by atomic mass is 10.0. The minimum absolute atomic E-state index is 0.605. The normalized spacial score (nSPS) is 26.4. The van der Waals surface area contributed by atoms with Crippen LogP contribution in [0.1, 0.15) is 39.5 Å². The van der Waals surface area contributed by atoms with Gasteiger partial charge in [0.15, 0.2) is 0 Å². The number of rotatable bonds is 7. The van der Waals surface area contributed by atoms with E-state index >= 15 is 0 Å². The third-order valence-electron chi connectivity index (χ3n) is 3.15. The van der Waals surface area contributed by atoms with Crippen molar-refractivity contribution in [2.75, 3.05) is 18.1 Å². The molecule has 17 heavy (non-hydrogen) atoms. The maximum absolute atomic E-state index is 5.41. The molecule has 1 aliphatic rings. The van der Waals surface area contributed by atoms with Crippen LogP contribution >= 0.6 is 23.5 Å². The molecule has 3 unspecified atom stereocenters. The fourth-order valence-corrected chi connectivity index (χ4v) is 5.57. The molecular formula is C14H25NS2. The largest absolute Gasteiger partial charge is 0.313 e. The predicted molar refractivity (Wildman–Crippen MR) is 82.9 cm³/mol. The zero-order valence-electron chi connectivity index (χ0n) is 11.1. The van der Waals surface area contributed by atoms with Crippen LogP contribution < -0.4 is 5.32 Å². The van der Waals surface area contributed by atoms with Crippen LogP contribution in [0.4, 0.5) is 0 Å². The summed E-state index contributed by atoms with van der Waals surface area (Å²) in [5.74, 6) is 5.40. The van der Waals surface area contributed by atoms with Crippen molar-refractivity contribution < 1.29 is 0 Å². The van der Waals surface area contributed by atoms with Gasteiger partial charge in [-0.05, 0) is 25.8 Å². The van der Waals surface area contributed by atoms with Crippen molar-refractivity contribution in [1.82, 2.24) is 5.32 Å². The maximum atomic E-state index is 5.41. The van der Waals surface area contributed by atoms with Crippen molar-refractivity contribution in [1.29, 1.82) is 0 Å². The molecule has 1 N–H and O–H groups in total. The first kappa shape index (κ1) is 15.3. The molecule has 0 aromatic carbocycles. The molecule has 3 atom stereocenters. The molecule has 3 heteroatoms. The summed E-state index contributed by atoms with van der Waals surface area (Å²) in [6, 6.07) is 0.605. The van der Waals surface area contributed by atoms with Gasteiger partial charge in [0.1, 0.15) is 0 Å². The minimum Gasteiger partial charge on any atom is -0.313 e. The van der Waals surface area contributed by atoms with Gasteiger partial charge in [0.2, 0.25) is 0 Å². The van der Waals surface area contributed by atoms with Gasteiger partial charge in [0, 0.05) is 34.5 Å². The van der Waals surface area contributed by atoms with E-state index in [4.69, 9.17) is 6.42 Å². The first-order chi connectivity index (χ1) is 8.33. The average molecular weight is 271 g/mol. The molecule has 0 amide bonds. The van der Waals surface area contributed by atoms with Gasteiger partial charge < -0.3 is 5.32 Å². The van der Waals surface area contributed by atoms with Crippen LogP contribution in [0.25, 0.3) is 0 Å². The highest BCUT2D eigenvalue weighted by Gasteiger charge is 2.31. The highest BCUT2D eigenvalue weighted by Crippen LogP contribution is 2.36. The van der Waals surface area contributed by atoms with E-state index < -0.39 is 0 Å². The third kappa shape index (κ3) is 5.16. The first-order valence-corrected chi connectivity index (χ1v) is 8.83. The summed E-state index contributed by atoms with van der Waals surface area (Å²) >= 11 is 4.31. The quantitative estimate of drug-likeness (QED) is 0.713. The number of nitrogens with one attached hydrogen (secondary N) is 1. The summed E-state index contributed by atoms with van der Waals surface area (Å²) < 4.78 is 0. The summed E-state index contributed by atoms with van der Waals surface area (Å²) in [6.07, 6.45) is 9.93. The zero-order chi connectivity index (χ0) is 12.5. The van der Waals surface area contributed by atoms with Crippen LogP contribution in [-0.2, 0) is 0 Å². The molecule has 0 aliphatic carbocycles. The molecule has 0 aromatic rings. The Hall–Kier alpha value is 0.220. The molecule has 1 heterocycles. The van der Waals surface area contributed by atoms with Crippen LogP contribution in [0, 0.1) is 12.3 Å². The molecule has 0 saturated carbocycles. The van der Waals surface area contributed by atoms with E-state index in [0.717, 1.165) is 29.9 Å². The summed E-state index contributed by atoms with van der Waals surface area (Å²) in [7, 11) is 0. The number of thioether (sulfide) groups is 2. The van der Waals surface area contributed by atoms with Crippen molar-refractivity contribution in [3.05, 3.63) is 0 Å². The summed E-state index contributed by atoms with van der Waals surface area (Å²) in [4.78, 5) is 0. The van der Waals surface area contributed by atoms with Gasteiger partial charge in [0.25, 0.3) is 0 Å². The van der Waals surface area contributed by atoms with E-state index in [-0.39, 0.29) is 0 Å². The second-order valence-corrected chi connectivity index (χ2v) is 7.09. The Balaban J connectivity index is 2.55. The molecule has 1 fully saturated rings. The molecule has 0 spiro atoms. The fraction of sp³-hybridized carbons (Fsp3) is 0.857. The first-order valence-electron chi connectivity index (χ1n) is 6.73. The van der Waals surface area contributed by atoms with E-state index in [2.05, 4.69) is 48.6 Å². The molecule has 1 nitrogen and oxygen atoms in total. The van der Waals surface area contributed by atoms with Crippen molar-refractivity contribution in [3.8, 4) is 12.3 Å². The van der Waals surface area contributed by atoms with Crippen LogP contribution in [-0.4, -0.2) is 34.6 Å². The SMILES string of the molecule is C#CCCC(NCCC)C1SCCSC1CC. The monoisotopic (exact) mass is 271 g/mol. The molecular weight excluding hydrogens is 246 g/mol. The Morgan fingerprint density at radius 2 is 2.12 bits per heavy atom. The molecule has 0 bridgehead atoms. The van der Waals surface area contributed by atoms with Gasteiger partial charge in [-0.2, -0.15) is 23.5 Å². The van der Waals surface area contributed by atoms with Crippen LogP contribution in [0.15, 0.2) is 0 Å². The lowest BCUT2D eigenvalue weighted by Gasteiger charge is -2.36. The van der Waals surface area contributed by atoms with Crippen molar-refractivity contribution in [2.45, 2.75) is 56.1 Å². The van der Waals surface area contributed by atoms with Crippen molar-refractivity contribution >= 4 is 23.5 Å². The number of hydrogen-bond donors (Lipinski definition) is 1. The molecule has 0 radical (unpaired) electrons. The Kier molecular flexibility index (Phi) is 8.26. The topological polar surface area (TPSA) is 12.0 Å². The molecule has 0 aromatic heterocycles. The molecule has 1 saturated heterocycles. The van der Waals surface area contributed by atoms with E-state index in [1.165, 1.54) is 24.3 Å². The van der Waals surface area contributed by atoms with Crippen LogP contribution in [0.2, 0.25) is 0 Å². The van der Waals surface area contributed by atoms with Crippen LogP contribution in [0.5, 0.6) is 0 Å². The van der Waals surface area contributed by atoms with Gasteiger partial charge >= 0.3 is 0 Å². The Bertz CT molecular complexity index is 237. The Morgan fingerprint density at radius 3 is 2.76 bits per heavy atom. The lowest BCUT2D eigenvalue weighted by Crippen LogP contribution is -2.45. The molecule has 1 rings (SSSR count). The van der Waals surface area contributed by atoms with Crippen molar-refractivity contribution in [2.24, 2.45) is 0 Å². The molecule has 98 valence electrons. The van der Waals surface area contributed by atoms with E-state index in [0.29, 0.717) is 6.04 Å². The summed E-state index contributed by atoms with van der Waals surface area (Å²) in [5, 5.41) is 5.26. The van der Waals surface area contributed by atoms with Gasteiger partial charge in [0.05, 0.1) is 0 Å². The molecule has 1 aliphatic heterocycles. The van der Waals surface area contributed by atoms with Crippen LogP contribution in [0.3, 0.4) is 0 Å². The highest BCUT2D eigenvalue weighted by atomic mass is 32.2. The van der Waals surface area contributed by atoms with Gasteiger partial charge in [-0.3, -0.25) is 0 Å². The second kappa shape index (κ2) is 9.19. The van der Waals surface area contributed by atoms with Gasteiger partial charge in [-0.15, -0.1) is 12.3 Å². The van der Waals surface area contributed by atoms with Gasteiger partial charge in [-0.1, -0.05) is 13.8 Å². The summed E-state index contributed by atoms with van der Waals surface area (Å²) in [5.41, 5.74) is 0. The second-order valence-electron chi connectivity index (χ2n) is 4.46. The number of terminal acetylenes is 1. The fourth-order valence-electron chi connectivity index (χ4n) is 2.26. The third-order valence-corrected chi connectivity index (χ3v) is 6.55. The van der Waals surface area contributed by atoms with E-state index in [1.54, 1.807) is 0 Å². The Morgan fingerprint density at radius 1 is 1.35 bits per heavy atom. The maximum Gasteiger partial charge on any atom is 0.0320 e. The minimum atomic E-state index is 0.605. The summed E-state index contributed by atoms with van der Waals surface area (Å²) in [6.45, 7) is 5.66. The van der Waals surface area contributed by atoms with E-state index in [1.807, 2.05) is 0 Å². The predicted octanol–water partition coefficient (Wildman–Crippen LogP) is 3.40. The van der Waals surface area contributed by atoms with Gasteiger partial charge in [-0.25, -0.2) is 0 Å². The Labute approximate surface area is 115 Å². The average Bonchev–Trinajstić information content (AvgIpc) is 2.39. The standard InChI is InChI=1S/C14H25NS2/c1-4-7-8-12(15-9-5-2)14-13(6-3)16-10-11-17-14/h1,12-15H,5-11H2,2-3H3. The highest BCUT2D eigenvalue weighted by molar-refractivity contribution is 8.07. The zero-order valence-corrected chi connectivity index (χ0v) is 12.7.